The Morgan fingerprint density at radius 3 is 2.64 bits per heavy atom. The number of rotatable bonds is 6. The van der Waals surface area contributed by atoms with Crippen molar-refractivity contribution < 1.29 is 4.52 Å². The summed E-state index contributed by atoms with van der Waals surface area (Å²) in [5, 5.41) is 8.72. The monoisotopic (exact) mass is 342 g/mol. The minimum Gasteiger partial charge on any atom is -0.359 e. The normalized spacial score (nSPS) is 11.6. The zero-order chi connectivity index (χ0) is 18.1. The van der Waals surface area contributed by atoms with Gasteiger partial charge in [0.2, 0.25) is 5.89 Å². The predicted molar refractivity (Wildman–Crippen MR) is 97.2 cm³/mol. The third-order valence-electron chi connectivity index (χ3n) is 4.49. The topological polar surface area (TPSA) is 72.4 Å². The highest BCUT2D eigenvalue weighted by Gasteiger charge is 2.16. The van der Waals surface area contributed by atoms with Crippen LogP contribution in [-0.2, 0) is 12.8 Å². The highest BCUT2D eigenvalue weighted by Crippen LogP contribution is 2.21. The van der Waals surface area contributed by atoms with Crippen molar-refractivity contribution in [3.63, 3.8) is 0 Å². The molecule has 0 amide bonds. The van der Waals surface area contributed by atoms with E-state index in [1.54, 1.807) is 0 Å². The number of hydrogen-bond acceptors (Lipinski definition) is 6. The SMILES string of the molecule is CCc1cc(N(C)CCc2noc(C(C)C)n2)n2nc(C)c(C)c2n1. The maximum atomic E-state index is 5.28. The van der Waals surface area contributed by atoms with Crippen LogP contribution in [0.15, 0.2) is 10.6 Å². The van der Waals surface area contributed by atoms with Gasteiger partial charge in [-0.3, -0.25) is 0 Å². The molecule has 0 aromatic carbocycles. The standard InChI is InChI=1S/C18H26N6O/c1-7-14-10-16(24-17(19-14)12(4)13(5)21-24)23(6)9-8-15-20-18(11(2)3)25-22-15/h10-11H,7-9H2,1-6H3. The lowest BCUT2D eigenvalue weighted by Crippen LogP contribution is -2.24. The summed E-state index contributed by atoms with van der Waals surface area (Å²) < 4.78 is 7.21. The molecule has 7 nitrogen and oxygen atoms in total. The van der Waals surface area contributed by atoms with E-state index in [2.05, 4.69) is 47.1 Å². The fraction of sp³-hybridized carbons (Fsp3) is 0.556. The number of aryl methyl sites for hydroxylation is 3. The molecule has 134 valence electrons. The molecule has 0 spiro atoms. The number of aromatic nitrogens is 5. The van der Waals surface area contributed by atoms with Gasteiger partial charge in [0.05, 0.1) is 5.69 Å². The average Bonchev–Trinajstić information content (AvgIpc) is 3.18. The van der Waals surface area contributed by atoms with Crippen LogP contribution in [0.4, 0.5) is 5.82 Å². The van der Waals surface area contributed by atoms with E-state index in [1.165, 1.54) is 0 Å². The highest BCUT2D eigenvalue weighted by molar-refractivity contribution is 5.56. The lowest BCUT2D eigenvalue weighted by Gasteiger charge is -2.20. The summed E-state index contributed by atoms with van der Waals surface area (Å²) in [5.74, 6) is 2.71. The van der Waals surface area contributed by atoms with Crippen LogP contribution in [-0.4, -0.2) is 38.3 Å². The van der Waals surface area contributed by atoms with Gasteiger partial charge in [0.15, 0.2) is 11.5 Å². The van der Waals surface area contributed by atoms with Crippen molar-refractivity contribution in [2.45, 2.75) is 53.4 Å². The lowest BCUT2D eigenvalue weighted by molar-refractivity contribution is 0.360. The van der Waals surface area contributed by atoms with Crippen molar-refractivity contribution >= 4 is 11.5 Å². The Bertz CT molecular complexity index is 879. The summed E-state index contributed by atoms with van der Waals surface area (Å²) in [6.45, 7) is 11.1. The second kappa shape index (κ2) is 6.82. The molecule has 0 saturated carbocycles. The molecule has 0 saturated heterocycles. The number of nitrogens with zero attached hydrogens (tertiary/aromatic N) is 6. The van der Waals surface area contributed by atoms with Crippen LogP contribution < -0.4 is 4.90 Å². The van der Waals surface area contributed by atoms with Crippen molar-refractivity contribution in [3.8, 4) is 0 Å². The molecule has 0 aliphatic carbocycles. The van der Waals surface area contributed by atoms with Gasteiger partial charge in [-0.15, -0.1) is 0 Å². The summed E-state index contributed by atoms with van der Waals surface area (Å²) in [4.78, 5) is 11.4. The van der Waals surface area contributed by atoms with Crippen LogP contribution >= 0.6 is 0 Å². The Balaban J connectivity index is 1.85. The first-order valence-corrected chi connectivity index (χ1v) is 8.80. The van der Waals surface area contributed by atoms with E-state index in [4.69, 9.17) is 9.51 Å². The molecule has 0 atom stereocenters. The van der Waals surface area contributed by atoms with Crippen LogP contribution in [0.3, 0.4) is 0 Å². The van der Waals surface area contributed by atoms with Crippen LogP contribution in [0.5, 0.6) is 0 Å². The third kappa shape index (κ3) is 3.36. The Hall–Kier alpha value is -2.44. The molecule has 0 N–H and O–H groups in total. The lowest BCUT2D eigenvalue weighted by atomic mass is 10.2. The largest absolute Gasteiger partial charge is 0.359 e. The smallest absolute Gasteiger partial charge is 0.229 e. The van der Waals surface area contributed by atoms with Gasteiger partial charge in [-0.05, 0) is 20.3 Å². The van der Waals surface area contributed by atoms with E-state index < -0.39 is 0 Å². The molecule has 0 aliphatic heterocycles. The van der Waals surface area contributed by atoms with Gasteiger partial charge in [-0.2, -0.15) is 14.6 Å². The highest BCUT2D eigenvalue weighted by atomic mass is 16.5. The summed E-state index contributed by atoms with van der Waals surface area (Å²) in [6.07, 6.45) is 1.61. The fourth-order valence-corrected chi connectivity index (χ4v) is 2.70. The number of anilines is 1. The first-order chi connectivity index (χ1) is 11.9. The molecule has 0 aliphatic rings. The van der Waals surface area contributed by atoms with Gasteiger partial charge in [-0.25, -0.2) is 4.98 Å². The second-order valence-corrected chi connectivity index (χ2v) is 6.78. The van der Waals surface area contributed by atoms with Crippen LogP contribution in [0.2, 0.25) is 0 Å². The average molecular weight is 342 g/mol. The third-order valence-corrected chi connectivity index (χ3v) is 4.49. The van der Waals surface area contributed by atoms with Crippen LogP contribution in [0.25, 0.3) is 5.65 Å². The van der Waals surface area contributed by atoms with Crippen molar-refractivity contribution in [1.82, 2.24) is 24.7 Å². The molecule has 0 unspecified atom stereocenters. The van der Waals surface area contributed by atoms with E-state index in [0.29, 0.717) is 5.89 Å². The van der Waals surface area contributed by atoms with Crippen LogP contribution in [0, 0.1) is 13.8 Å². The molecule has 3 rings (SSSR count). The molecule has 0 radical (unpaired) electrons. The molecule has 3 aromatic heterocycles. The van der Waals surface area contributed by atoms with Crippen molar-refractivity contribution in [1.29, 1.82) is 0 Å². The van der Waals surface area contributed by atoms with Gasteiger partial charge in [-0.1, -0.05) is 25.9 Å². The Morgan fingerprint density at radius 2 is 2.00 bits per heavy atom. The van der Waals surface area contributed by atoms with Gasteiger partial charge < -0.3 is 9.42 Å². The molecular formula is C18H26N6O. The number of fused-ring (bicyclic) bond motifs is 1. The molecule has 0 fully saturated rings. The Labute approximate surface area is 148 Å². The predicted octanol–water partition coefficient (Wildman–Crippen LogP) is 3.09. The Morgan fingerprint density at radius 1 is 1.24 bits per heavy atom. The van der Waals surface area contributed by atoms with Crippen molar-refractivity contribution in [3.05, 3.63) is 34.7 Å². The number of hydrogen-bond donors (Lipinski definition) is 0. The maximum absolute atomic E-state index is 5.28. The molecule has 7 heteroatoms. The molecule has 3 heterocycles. The van der Waals surface area contributed by atoms with E-state index in [1.807, 2.05) is 25.3 Å². The van der Waals surface area contributed by atoms with Gasteiger partial charge in [0.25, 0.3) is 0 Å². The molecule has 25 heavy (non-hydrogen) atoms. The van der Waals surface area contributed by atoms with Crippen molar-refractivity contribution in [2.75, 3.05) is 18.5 Å². The molecule has 0 bridgehead atoms. The van der Waals surface area contributed by atoms with Crippen molar-refractivity contribution in [2.24, 2.45) is 0 Å². The van der Waals surface area contributed by atoms with Gasteiger partial charge >= 0.3 is 0 Å². The van der Waals surface area contributed by atoms with Gasteiger partial charge in [0, 0.05) is 43.3 Å². The fourth-order valence-electron chi connectivity index (χ4n) is 2.70. The molecular weight excluding hydrogens is 316 g/mol. The van der Waals surface area contributed by atoms with E-state index in [-0.39, 0.29) is 5.92 Å². The first-order valence-electron chi connectivity index (χ1n) is 8.80. The second-order valence-electron chi connectivity index (χ2n) is 6.78. The first kappa shape index (κ1) is 17.4. The number of likely N-dealkylation sites (N-methyl/N-ethyl adjacent to an activating group) is 1. The summed E-state index contributed by atoms with van der Waals surface area (Å²) >= 11 is 0. The van der Waals surface area contributed by atoms with E-state index in [9.17, 15) is 0 Å². The van der Waals surface area contributed by atoms with E-state index >= 15 is 0 Å². The minimum absolute atomic E-state index is 0.251. The maximum Gasteiger partial charge on any atom is 0.229 e. The Kier molecular flexibility index (Phi) is 4.74. The zero-order valence-corrected chi connectivity index (χ0v) is 15.9. The van der Waals surface area contributed by atoms with Gasteiger partial charge in [0.1, 0.15) is 5.82 Å². The van der Waals surface area contributed by atoms with E-state index in [0.717, 1.165) is 53.6 Å². The summed E-state index contributed by atoms with van der Waals surface area (Å²) in [5.41, 5.74) is 4.14. The zero-order valence-electron chi connectivity index (χ0n) is 15.9. The molecule has 3 aromatic rings. The minimum atomic E-state index is 0.251. The summed E-state index contributed by atoms with van der Waals surface area (Å²) in [7, 11) is 2.06. The quantitative estimate of drug-likeness (QED) is 0.685. The summed E-state index contributed by atoms with van der Waals surface area (Å²) in [6, 6.07) is 2.11. The van der Waals surface area contributed by atoms with Crippen LogP contribution in [0.1, 0.15) is 55.4 Å².